The summed E-state index contributed by atoms with van der Waals surface area (Å²) in [6.07, 6.45) is 7.27. The zero-order chi connectivity index (χ0) is 19.3. The number of sulfonamides is 1. The molecule has 1 amide bonds. The molecule has 1 saturated carbocycles. The molecule has 1 aromatic carbocycles. The van der Waals surface area contributed by atoms with Crippen molar-refractivity contribution >= 4 is 15.9 Å². The number of hydrogen-bond acceptors (Lipinski definition) is 4. The lowest BCUT2D eigenvalue weighted by molar-refractivity contribution is -0.127. The highest BCUT2D eigenvalue weighted by molar-refractivity contribution is 7.89. The van der Waals surface area contributed by atoms with E-state index >= 15 is 0 Å². The Bertz CT molecular complexity index is 709. The minimum atomic E-state index is -3.48. The van der Waals surface area contributed by atoms with Crippen LogP contribution in [-0.2, 0) is 14.8 Å². The number of nitrogens with zero attached hydrogens (tertiary/aromatic N) is 1. The van der Waals surface area contributed by atoms with Crippen molar-refractivity contribution in [2.24, 2.45) is 0 Å². The largest absolute Gasteiger partial charge is 0.352 e. The molecule has 0 spiro atoms. The number of hydrogen-bond donors (Lipinski definition) is 2. The van der Waals surface area contributed by atoms with Crippen LogP contribution in [0, 0.1) is 0 Å². The highest BCUT2D eigenvalue weighted by atomic mass is 32.2. The van der Waals surface area contributed by atoms with E-state index in [1.54, 1.807) is 30.3 Å². The van der Waals surface area contributed by atoms with Crippen LogP contribution in [0.1, 0.15) is 51.9 Å². The van der Waals surface area contributed by atoms with E-state index in [1.807, 2.05) is 6.92 Å². The molecular formula is C20H31N3O3S. The Morgan fingerprint density at radius 2 is 1.63 bits per heavy atom. The van der Waals surface area contributed by atoms with E-state index in [2.05, 4.69) is 14.9 Å². The van der Waals surface area contributed by atoms with Crippen LogP contribution in [-0.4, -0.2) is 50.4 Å². The molecule has 0 aromatic heterocycles. The smallest absolute Gasteiger partial charge is 0.240 e. The van der Waals surface area contributed by atoms with Gasteiger partial charge in [0, 0.05) is 25.2 Å². The third kappa shape index (κ3) is 5.53. The Balaban J connectivity index is 1.47. The van der Waals surface area contributed by atoms with Crippen LogP contribution in [0.3, 0.4) is 0 Å². The molecule has 1 aromatic rings. The number of carbonyl (C=O) groups excluding carboxylic acids is 1. The second-order valence-corrected chi connectivity index (χ2v) is 9.48. The van der Waals surface area contributed by atoms with Gasteiger partial charge in [-0.3, -0.25) is 9.69 Å². The fraction of sp³-hybridized carbons (Fsp3) is 0.650. The fourth-order valence-corrected chi connectivity index (χ4v) is 5.35. The van der Waals surface area contributed by atoms with Crippen LogP contribution in [0.5, 0.6) is 0 Å². The molecule has 150 valence electrons. The number of carbonyl (C=O) groups is 1. The number of piperidine rings is 1. The zero-order valence-electron chi connectivity index (χ0n) is 16.1. The average Bonchev–Trinajstić information content (AvgIpc) is 2.69. The standard InChI is InChI=1S/C20H31N3O3S/c1-16(20(24)21-17-8-4-2-5-9-17)23-14-12-18(13-15-23)22-27(25,26)19-10-6-3-7-11-19/h3,6-7,10-11,16-18,22H,2,4-5,8-9,12-15H2,1H3,(H,21,24). The maximum atomic E-state index is 12.5. The fourth-order valence-electron chi connectivity index (χ4n) is 4.03. The molecule has 2 aliphatic rings. The minimum Gasteiger partial charge on any atom is -0.352 e. The molecule has 0 bridgehead atoms. The highest BCUT2D eigenvalue weighted by Gasteiger charge is 2.30. The molecular weight excluding hydrogens is 362 g/mol. The van der Waals surface area contributed by atoms with Gasteiger partial charge >= 0.3 is 0 Å². The van der Waals surface area contributed by atoms with Gasteiger partial charge in [0.1, 0.15) is 0 Å². The Morgan fingerprint density at radius 1 is 1.00 bits per heavy atom. The number of likely N-dealkylation sites (tertiary alicyclic amines) is 1. The van der Waals surface area contributed by atoms with E-state index in [-0.39, 0.29) is 18.0 Å². The van der Waals surface area contributed by atoms with Gasteiger partial charge in [0.05, 0.1) is 10.9 Å². The van der Waals surface area contributed by atoms with Crippen LogP contribution >= 0.6 is 0 Å². The van der Waals surface area contributed by atoms with Crippen LogP contribution in [0.2, 0.25) is 0 Å². The van der Waals surface area contributed by atoms with Crippen LogP contribution < -0.4 is 10.0 Å². The summed E-state index contributed by atoms with van der Waals surface area (Å²) in [5.74, 6) is 0.102. The van der Waals surface area contributed by atoms with E-state index in [9.17, 15) is 13.2 Å². The van der Waals surface area contributed by atoms with Crippen molar-refractivity contribution in [3.63, 3.8) is 0 Å². The minimum absolute atomic E-state index is 0.0833. The maximum absolute atomic E-state index is 12.5. The predicted molar refractivity (Wildman–Crippen MR) is 106 cm³/mol. The molecule has 1 aliphatic carbocycles. The maximum Gasteiger partial charge on any atom is 0.240 e. The van der Waals surface area contributed by atoms with E-state index in [1.165, 1.54) is 19.3 Å². The van der Waals surface area contributed by atoms with E-state index in [4.69, 9.17) is 0 Å². The van der Waals surface area contributed by atoms with Crippen molar-refractivity contribution in [1.29, 1.82) is 0 Å². The Hall–Kier alpha value is -1.44. The summed E-state index contributed by atoms with van der Waals surface area (Å²) in [5, 5.41) is 3.19. The van der Waals surface area contributed by atoms with Crippen LogP contribution in [0.4, 0.5) is 0 Å². The first-order chi connectivity index (χ1) is 13.0. The lowest BCUT2D eigenvalue weighted by atomic mass is 9.95. The van der Waals surface area contributed by atoms with E-state index in [0.717, 1.165) is 25.9 Å². The summed E-state index contributed by atoms with van der Waals surface area (Å²) >= 11 is 0. The summed E-state index contributed by atoms with van der Waals surface area (Å²) < 4.78 is 27.7. The predicted octanol–water partition coefficient (Wildman–Crippen LogP) is 2.27. The van der Waals surface area contributed by atoms with Gasteiger partial charge in [-0.2, -0.15) is 0 Å². The molecule has 3 rings (SSSR count). The van der Waals surface area contributed by atoms with Crippen molar-refractivity contribution in [3.8, 4) is 0 Å². The average molecular weight is 394 g/mol. The number of amides is 1. The molecule has 1 heterocycles. The summed E-state index contributed by atoms with van der Waals surface area (Å²) in [5.41, 5.74) is 0. The Kier molecular flexibility index (Phi) is 6.89. The third-order valence-electron chi connectivity index (χ3n) is 5.78. The SMILES string of the molecule is CC(C(=O)NC1CCCCC1)N1CCC(NS(=O)(=O)c2ccccc2)CC1. The van der Waals surface area contributed by atoms with Gasteiger partial charge in [0.15, 0.2) is 0 Å². The van der Waals surface area contributed by atoms with Gasteiger partial charge in [0.25, 0.3) is 0 Å². The first-order valence-electron chi connectivity index (χ1n) is 10.1. The summed E-state index contributed by atoms with van der Waals surface area (Å²) in [4.78, 5) is 15.0. The van der Waals surface area contributed by atoms with Gasteiger partial charge in [-0.05, 0) is 44.7 Å². The van der Waals surface area contributed by atoms with Gasteiger partial charge in [-0.25, -0.2) is 13.1 Å². The second-order valence-electron chi connectivity index (χ2n) is 7.76. The molecule has 6 nitrogen and oxygen atoms in total. The first kappa shape index (κ1) is 20.3. The molecule has 1 unspecified atom stereocenters. The zero-order valence-corrected chi connectivity index (χ0v) is 16.9. The number of rotatable bonds is 6. The molecule has 7 heteroatoms. The van der Waals surface area contributed by atoms with Crippen LogP contribution in [0.15, 0.2) is 35.2 Å². The van der Waals surface area contributed by atoms with E-state index in [0.29, 0.717) is 23.8 Å². The normalized spacial score (nSPS) is 21.7. The molecule has 2 fully saturated rings. The summed E-state index contributed by atoms with van der Waals surface area (Å²) in [6, 6.07) is 8.54. The Morgan fingerprint density at radius 3 is 2.26 bits per heavy atom. The molecule has 1 saturated heterocycles. The van der Waals surface area contributed by atoms with Crippen molar-refractivity contribution < 1.29 is 13.2 Å². The molecule has 0 radical (unpaired) electrons. The molecule has 27 heavy (non-hydrogen) atoms. The van der Waals surface area contributed by atoms with Gasteiger partial charge < -0.3 is 5.32 Å². The quantitative estimate of drug-likeness (QED) is 0.777. The number of benzene rings is 1. The van der Waals surface area contributed by atoms with Gasteiger partial charge in [0.2, 0.25) is 15.9 Å². The van der Waals surface area contributed by atoms with Crippen molar-refractivity contribution in [2.45, 2.75) is 74.9 Å². The van der Waals surface area contributed by atoms with Crippen molar-refractivity contribution in [3.05, 3.63) is 30.3 Å². The van der Waals surface area contributed by atoms with Crippen molar-refractivity contribution in [2.75, 3.05) is 13.1 Å². The second kappa shape index (κ2) is 9.17. The van der Waals surface area contributed by atoms with Crippen molar-refractivity contribution in [1.82, 2.24) is 14.9 Å². The molecule has 1 atom stereocenters. The summed E-state index contributed by atoms with van der Waals surface area (Å²) in [6.45, 7) is 3.40. The lowest BCUT2D eigenvalue weighted by Gasteiger charge is -2.36. The first-order valence-corrected chi connectivity index (χ1v) is 11.6. The molecule has 2 N–H and O–H groups in total. The lowest BCUT2D eigenvalue weighted by Crippen LogP contribution is -2.53. The van der Waals surface area contributed by atoms with Crippen LogP contribution in [0.25, 0.3) is 0 Å². The highest BCUT2D eigenvalue weighted by Crippen LogP contribution is 2.19. The Labute approximate surface area is 162 Å². The number of nitrogens with one attached hydrogen (secondary N) is 2. The monoisotopic (exact) mass is 393 g/mol. The third-order valence-corrected chi connectivity index (χ3v) is 7.32. The van der Waals surface area contributed by atoms with Gasteiger partial charge in [-0.15, -0.1) is 0 Å². The van der Waals surface area contributed by atoms with Gasteiger partial charge in [-0.1, -0.05) is 37.5 Å². The molecule has 1 aliphatic heterocycles. The van der Waals surface area contributed by atoms with E-state index < -0.39 is 10.0 Å². The topological polar surface area (TPSA) is 78.5 Å². The summed E-state index contributed by atoms with van der Waals surface area (Å²) in [7, 11) is -3.48.